The van der Waals surface area contributed by atoms with Crippen LogP contribution in [0.4, 0.5) is 5.82 Å². The fraction of sp³-hybridized carbons (Fsp3) is 0.0588. The van der Waals surface area contributed by atoms with Gasteiger partial charge in [-0.25, -0.2) is 4.98 Å². The van der Waals surface area contributed by atoms with E-state index in [1.807, 2.05) is 36.4 Å². The molecule has 0 spiro atoms. The Morgan fingerprint density at radius 1 is 1.16 bits per heavy atom. The molecule has 0 radical (unpaired) electrons. The van der Waals surface area contributed by atoms with E-state index in [2.05, 4.69) is 9.97 Å². The van der Waals surface area contributed by atoms with E-state index in [1.165, 1.54) is 10.9 Å². The molecule has 0 bridgehead atoms. The van der Waals surface area contributed by atoms with Crippen molar-refractivity contribution in [3.05, 3.63) is 65.0 Å². The maximum absolute atomic E-state index is 11.0. The third-order valence-electron chi connectivity index (χ3n) is 3.65. The Morgan fingerprint density at radius 2 is 1.92 bits per heavy atom. The second kappa shape index (κ2) is 5.99. The van der Waals surface area contributed by atoms with Crippen LogP contribution in [0.5, 0.6) is 11.6 Å². The maximum atomic E-state index is 11.0. The minimum atomic E-state index is -0.565. The van der Waals surface area contributed by atoms with Gasteiger partial charge < -0.3 is 14.9 Å². The van der Waals surface area contributed by atoms with Crippen LogP contribution >= 0.6 is 11.3 Å². The van der Waals surface area contributed by atoms with Crippen molar-refractivity contribution in [3.8, 4) is 22.2 Å². The summed E-state index contributed by atoms with van der Waals surface area (Å²) in [5.41, 5.74) is 1.93. The predicted octanol–water partition coefficient (Wildman–Crippen LogP) is 4.40. The van der Waals surface area contributed by atoms with E-state index < -0.39 is 4.92 Å². The summed E-state index contributed by atoms with van der Waals surface area (Å²) in [5, 5.41) is 11.9. The van der Waals surface area contributed by atoms with Gasteiger partial charge in [0.25, 0.3) is 0 Å². The minimum absolute atomic E-state index is 0.0951. The monoisotopic (exact) mass is 352 g/mol. The van der Waals surface area contributed by atoms with Crippen LogP contribution in [0.25, 0.3) is 20.8 Å². The molecule has 2 heterocycles. The zero-order valence-corrected chi connectivity index (χ0v) is 13.9. The summed E-state index contributed by atoms with van der Waals surface area (Å²) in [6.07, 6.45) is 1.35. The first-order valence-electron chi connectivity index (χ1n) is 7.41. The number of benzene rings is 2. The van der Waals surface area contributed by atoms with Crippen LogP contribution < -0.4 is 4.74 Å². The Labute approximate surface area is 146 Å². The van der Waals surface area contributed by atoms with Crippen LogP contribution in [-0.4, -0.2) is 19.5 Å². The molecule has 0 unspecified atom stereocenters. The molecule has 7 nitrogen and oxygen atoms in total. The summed E-state index contributed by atoms with van der Waals surface area (Å²) in [6, 6.07) is 15.3. The highest BCUT2D eigenvalue weighted by molar-refractivity contribution is 7.21. The molecule has 0 atom stereocenters. The lowest BCUT2D eigenvalue weighted by Gasteiger charge is -2.05. The van der Waals surface area contributed by atoms with Crippen LogP contribution in [0.1, 0.15) is 0 Å². The second-order valence-electron chi connectivity index (χ2n) is 5.35. The van der Waals surface area contributed by atoms with Gasteiger partial charge in [-0.2, -0.15) is 0 Å². The summed E-state index contributed by atoms with van der Waals surface area (Å²) in [7, 11) is 1.64. The van der Waals surface area contributed by atoms with Crippen molar-refractivity contribution in [1.82, 2.24) is 14.5 Å². The lowest BCUT2D eigenvalue weighted by molar-refractivity contribution is -0.390. The number of rotatable bonds is 4. The van der Waals surface area contributed by atoms with Crippen molar-refractivity contribution in [3.63, 3.8) is 0 Å². The molecule has 0 fully saturated rings. The molecule has 0 aliphatic rings. The first-order valence-corrected chi connectivity index (χ1v) is 8.23. The molecule has 4 aromatic rings. The molecular formula is C17H12N4O3S. The molecule has 2 aromatic heterocycles. The van der Waals surface area contributed by atoms with Gasteiger partial charge in [-0.1, -0.05) is 12.1 Å². The summed E-state index contributed by atoms with van der Waals surface area (Å²) in [5.74, 6) is 0.284. The number of thiazole rings is 1. The second-order valence-corrected chi connectivity index (χ2v) is 6.39. The van der Waals surface area contributed by atoms with Gasteiger partial charge in [0.2, 0.25) is 6.33 Å². The normalized spacial score (nSPS) is 10.9. The number of hydrogen-bond donors (Lipinski definition) is 0. The molecule has 25 heavy (non-hydrogen) atoms. The van der Waals surface area contributed by atoms with Gasteiger partial charge in [0.15, 0.2) is 0 Å². The Hall–Kier alpha value is -3.26. The van der Waals surface area contributed by atoms with Crippen molar-refractivity contribution < 1.29 is 9.66 Å². The standard InChI is InChI=1S/C17H12N4O3S/c1-20-10-18-15(21(22)23)17(20)24-12-8-6-11(7-9-12)16-19-13-4-2-3-5-14(13)25-16/h2-10H,1H3. The number of nitrogens with zero attached hydrogens (tertiary/aromatic N) is 4. The maximum Gasteiger partial charge on any atom is 0.427 e. The fourth-order valence-electron chi connectivity index (χ4n) is 2.42. The number of hydrogen-bond acceptors (Lipinski definition) is 6. The molecule has 0 saturated heterocycles. The first kappa shape index (κ1) is 15.3. The first-order chi connectivity index (χ1) is 12.1. The van der Waals surface area contributed by atoms with Crippen LogP contribution in [0.2, 0.25) is 0 Å². The van der Waals surface area contributed by atoms with Crippen LogP contribution in [0.3, 0.4) is 0 Å². The highest BCUT2D eigenvalue weighted by Gasteiger charge is 2.22. The quantitative estimate of drug-likeness (QED) is 0.401. The number of nitro groups is 1. The summed E-state index contributed by atoms with van der Waals surface area (Å²) in [6.45, 7) is 0. The minimum Gasteiger partial charge on any atom is -0.434 e. The summed E-state index contributed by atoms with van der Waals surface area (Å²) in [4.78, 5) is 18.8. The third kappa shape index (κ3) is 2.83. The Morgan fingerprint density at radius 3 is 2.64 bits per heavy atom. The molecule has 0 amide bonds. The zero-order chi connectivity index (χ0) is 17.4. The van der Waals surface area contributed by atoms with Crippen LogP contribution in [0.15, 0.2) is 54.9 Å². The average Bonchev–Trinajstić information content (AvgIpc) is 3.20. The molecule has 4 rings (SSSR count). The van der Waals surface area contributed by atoms with Gasteiger partial charge in [-0.15, -0.1) is 11.3 Å². The van der Waals surface area contributed by atoms with E-state index in [1.54, 1.807) is 30.5 Å². The number of aromatic nitrogens is 3. The van der Waals surface area contributed by atoms with E-state index in [-0.39, 0.29) is 11.7 Å². The largest absolute Gasteiger partial charge is 0.434 e. The van der Waals surface area contributed by atoms with Crippen molar-refractivity contribution in [2.45, 2.75) is 0 Å². The number of imidazole rings is 1. The van der Waals surface area contributed by atoms with Crippen LogP contribution in [0, 0.1) is 10.1 Å². The van der Waals surface area contributed by atoms with Crippen LogP contribution in [-0.2, 0) is 7.05 Å². The van der Waals surface area contributed by atoms with E-state index in [4.69, 9.17) is 4.74 Å². The molecule has 0 aliphatic heterocycles. The predicted molar refractivity (Wildman–Crippen MR) is 95.0 cm³/mol. The molecule has 0 aliphatic carbocycles. The highest BCUT2D eigenvalue weighted by Crippen LogP contribution is 2.33. The Balaban J connectivity index is 1.62. The van der Waals surface area contributed by atoms with Gasteiger partial charge >= 0.3 is 11.7 Å². The lowest BCUT2D eigenvalue weighted by atomic mass is 10.2. The summed E-state index contributed by atoms with van der Waals surface area (Å²) >= 11 is 1.62. The molecular weight excluding hydrogens is 340 g/mol. The third-order valence-corrected chi connectivity index (χ3v) is 4.73. The molecule has 0 saturated carbocycles. The fourth-order valence-corrected chi connectivity index (χ4v) is 3.39. The average molecular weight is 352 g/mol. The van der Waals surface area contributed by atoms with Crippen molar-refractivity contribution in [2.24, 2.45) is 7.05 Å². The number of ether oxygens (including phenoxy) is 1. The van der Waals surface area contributed by atoms with Gasteiger partial charge in [0.05, 0.1) is 10.2 Å². The zero-order valence-electron chi connectivity index (χ0n) is 13.1. The smallest absolute Gasteiger partial charge is 0.427 e. The van der Waals surface area contributed by atoms with Crippen molar-refractivity contribution in [1.29, 1.82) is 0 Å². The van der Waals surface area contributed by atoms with E-state index >= 15 is 0 Å². The molecule has 0 N–H and O–H groups in total. The van der Waals surface area contributed by atoms with Crippen molar-refractivity contribution >= 4 is 27.4 Å². The molecule has 124 valence electrons. The van der Waals surface area contributed by atoms with Crippen molar-refractivity contribution in [2.75, 3.05) is 0 Å². The topological polar surface area (TPSA) is 83.1 Å². The lowest BCUT2D eigenvalue weighted by Crippen LogP contribution is -1.96. The van der Waals surface area contributed by atoms with E-state index in [0.29, 0.717) is 5.75 Å². The van der Waals surface area contributed by atoms with Gasteiger partial charge in [0, 0.05) is 12.6 Å². The Bertz CT molecular complexity index is 1040. The SMILES string of the molecule is Cn1cnc([N+](=O)[O-])c1Oc1ccc(-c2nc3ccccc3s2)cc1. The van der Waals surface area contributed by atoms with E-state index in [0.717, 1.165) is 20.8 Å². The van der Waals surface area contributed by atoms with Gasteiger partial charge in [-0.3, -0.25) is 4.57 Å². The molecule has 2 aromatic carbocycles. The number of aryl methyl sites for hydroxylation is 1. The number of fused-ring (bicyclic) bond motifs is 1. The van der Waals surface area contributed by atoms with E-state index in [9.17, 15) is 10.1 Å². The molecule has 8 heteroatoms. The highest BCUT2D eigenvalue weighted by atomic mass is 32.1. The van der Waals surface area contributed by atoms with Gasteiger partial charge in [0.1, 0.15) is 10.8 Å². The Kier molecular flexibility index (Phi) is 3.66. The van der Waals surface area contributed by atoms with Gasteiger partial charge in [-0.05, 0) is 46.3 Å². The summed E-state index contributed by atoms with van der Waals surface area (Å²) < 4.78 is 8.23. The number of para-hydroxylation sites is 1.